The molecule has 8 heteroatoms. The zero-order valence-corrected chi connectivity index (χ0v) is 16.7. The number of rotatable bonds is 4. The second kappa shape index (κ2) is 7.16. The summed E-state index contributed by atoms with van der Waals surface area (Å²) < 4.78 is 35.3. The summed E-state index contributed by atoms with van der Waals surface area (Å²) in [6.07, 6.45) is 5.89. The topological polar surface area (TPSA) is 60.0 Å². The first-order valence-corrected chi connectivity index (χ1v) is 10.5. The van der Waals surface area contributed by atoms with Gasteiger partial charge in [-0.25, -0.2) is 8.78 Å². The van der Waals surface area contributed by atoms with Crippen molar-refractivity contribution in [2.45, 2.75) is 63.8 Å². The maximum atomic E-state index is 14.6. The van der Waals surface area contributed by atoms with E-state index in [0.717, 1.165) is 38.0 Å². The summed E-state index contributed by atoms with van der Waals surface area (Å²) >= 11 is 0. The number of fused-ring (bicyclic) bond motifs is 1. The standard InChI is InChI=1S/C21H25F2N5O/c1-12(2)18-15-6-7-16(22)17(23)19(15)28(25-18)21-24-20(29-26-21)13-8-10-27(11-9-13)14-4-3-5-14/h6-7,12-14H,3-5,8-11H2,1-2H3. The zero-order chi connectivity index (χ0) is 20.1. The number of halogens is 2. The Morgan fingerprint density at radius 2 is 1.86 bits per heavy atom. The van der Waals surface area contributed by atoms with Crippen molar-refractivity contribution in [1.82, 2.24) is 24.8 Å². The fraction of sp³-hybridized carbons (Fsp3) is 0.571. The van der Waals surface area contributed by atoms with Gasteiger partial charge in [0.25, 0.3) is 5.95 Å². The number of aromatic nitrogens is 4. The van der Waals surface area contributed by atoms with Gasteiger partial charge in [0.05, 0.1) is 5.69 Å². The maximum Gasteiger partial charge on any atom is 0.291 e. The first kappa shape index (κ1) is 18.7. The molecular formula is C21H25F2N5O. The van der Waals surface area contributed by atoms with Gasteiger partial charge in [-0.05, 0) is 62.0 Å². The Bertz CT molecular complexity index is 1030. The van der Waals surface area contributed by atoms with Crippen molar-refractivity contribution in [1.29, 1.82) is 0 Å². The van der Waals surface area contributed by atoms with Crippen LogP contribution in [-0.2, 0) is 0 Å². The molecular weight excluding hydrogens is 376 g/mol. The molecule has 5 rings (SSSR count). The van der Waals surface area contributed by atoms with Crippen molar-refractivity contribution in [3.63, 3.8) is 0 Å². The zero-order valence-electron chi connectivity index (χ0n) is 16.7. The first-order chi connectivity index (χ1) is 14.0. The van der Waals surface area contributed by atoms with Gasteiger partial charge in [-0.3, -0.25) is 0 Å². The smallest absolute Gasteiger partial charge is 0.291 e. The number of piperidine rings is 1. The van der Waals surface area contributed by atoms with Crippen LogP contribution in [0.4, 0.5) is 8.78 Å². The minimum atomic E-state index is -0.943. The van der Waals surface area contributed by atoms with E-state index in [4.69, 9.17) is 4.52 Å². The van der Waals surface area contributed by atoms with Gasteiger partial charge < -0.3 is 9.42 Å². The Kier molecular flexibility index (Phi) is 4.61. The minimum Gasteiger partial charge on any atom is -0.337 e. The Labute approximate surface area is 167 Å². The van der Waals surface area contributed by atoms with Crippen LogP contribution >= 0.6 is 0 Å². The SMILES string of the molecule is CC(C)c1nn(-c2noc(C3CCN(C4CCC4)CC3)n2)c2c(F)c(F)ccc12. The summed E-state index contributed by atoms with van der Waals surface area (Å²) in [6, 6.07) is 3.44. The molecule has 0 amide bonds. The van der Waals surface area contributed by atoms with Crippen LogP contribution in [0.15, 0.2) is 16.7 Å². The van der Waals surface area contributed by atoms with Crippen LogP contribution in [0, 0.1) is 11.6 Å². The van der Waals surface area contributed by atoms with Crippen LogP contribution in [0.1, 0.15) is 69.4 Å². The third-order valence-electron chi connectivity index (χ3n) is 6.40. The van der Waals surface area contributed by atoms with E-state index >= 15 is 0 Å². The first-order valence-electron chi connectivity index (χ1n) is 10.5. The highest BCUT2D eigenvalue weighted by atomic mass is 19.2. The lowest BCUT2D eigenvalue weighted by Crippen LogP contribution is -2.44. The average molecular weight is 401 g/mol. The Morgan fingerprint density at radius 1 is 1.10 bits per heavy atom. The lowest BCUT2D eigenvalue weighted by molar-refractivity contribution is 0.0923. The molecule has 1 saturated carbocycles. The van der Waals surface area contributed by atoms with Gasteiger partial charge in [0.15, 0.2) is 11.6 Å². The number of hydrogen-bond acceptors (Lipinski definition) is 5. The quantitative estimate of drug-likeness (QED) is 0.642. The van der Waals surface area contributed by atoms with Crippen LogP contribution in [0.2, 0.25) is 0 Å². The van der Waals surface area contributed by atoms with E-state index in [9.17, 15) is 8.78 Å². The lowest BCUT2D eigenvalue weighted by atomic mass is 9.88. The van der Waals surface area contributed by atoms with Crippen LogP contribution in [0.3, 0.4) is 0 Å². The molecule has 1 aliphatic carbocycles. The summed E-state index contributed by atoms with van der Waals surface area (Å²) in [6.45, 7) is 6.00. The van der Waals surface area contributed by atoms with Crippen molar-refractivity contribution < 1.29 is 13.3 Å². The highest BCUT2D eigenvalue weighted by molar-refractivity contribution is 5.84. The largest absolute Gasteiger partial charge is 0.337 e. The van der Waals surface area contributed by atoms with Crippen LogP contribution in [-0.4, -0.2) is 44.0 Å². The second-order valence-corrected chi connectivity index (χ2v) is 8.54. The molecule has 29 heavy (non-hydrogen) atoms. The van der Waals surface area contributed by atoms with Gasteiger partial charge in [0.1, 0.15) is 5.52 Å². The van der Waals surface area contributed by atoms with E-state index in [1.54, 1.807) is 6.07 Å². The van der Waals surface area contributed by atoms with Crippen LogP contribution in [0.5, 0.6) is 0 Å². The molecule has 2 aromatic heterocycles. The molecule has 0 unspecified atom stereocenters. The number of hydrogen-bond donors (Lipinski definition) is 0. The van der Waals surface area contributed by atoms with E-state index in [1.807, 2.05) is 13.8 Å². The van der Waals surface area contributed by atoms with E-state index in [2.05, 4.69) is 20.1 Å². The van der Waals surface area contributed by atoms with Gasteiger partial charge in [0, 0.05) is 17.3 Å². The summed E-state index contributed by atoms with van der Waals surface area (Å²) in [5.74, 6) is -0.905. The predicted molar refractivity (Wildman–Crippen MR) is 104 cm³/mol. The molecule has 1 aliphatic heterocycles. The molecule has 1 saturated heterocycles. The highest BCUT2D eigenvalue weighted by Gasteiger charge is 2.32. The predicted octanol–water partition coefficient (Wildman–Crippen LogP) is 4.54. The molecule has 0 atom stereocenters. The van der Waals surface area contributed by atoms with Crippen LogP contribution in [0.25, 0.3) is 16.9 Å². The van der Waals surface area contributed by atoms with Gasteiger partial charge >= 0.3 is 0 Å². The number of benzene rings is 1. The average Bonchev–Trinajstić information content (AvgIpc) is 3.29. The van der Waals surface area contributed by atoms with Gasteiger partial charge in [-0.15, -0.1) is 0 Å². The fourth-order valence-electron chi connectivity index (χ4n) is 4.48. The van der Waals surface area contributed by atoms with Crippen molar-refractivity contribution >= 4 is 10.9 Å². The molecule has 6 nitrogen and oxygen atoms in total. The molecule has 154 valence electrons. The molecule has 0 spiro atoms. The molecule has 2 fully saturated rings. The second-order valence-electron chi connectivity index (χ2n) is 8.54. The van der Waals surface area contributed by atoms with Gasteiger partial charge in [-0.2, -0.15) is 14.8 Å². The molecule has 1 aromatic carbocycles. The molecule has 3 aromatic rings. The number of nitrogens with zero attached hydrogens (tertiary/aromatic N) is 5. The Morgan fingerprint density at radius 3 is 2.52 bits per heavy atom. The monoisotopic (exact) mass is 401 g/mol. The van der Waals surface area contributed by atoms with Crippen molar-refractivity contribution in [2.24, 2.45) is 0 Å². The minimum absolute atomic E-state index is 0.0471. The van der Waals surface area contributed by atoms with Crippen molar-refractivity contribution in [3.05, 3.63) is 35.4 Å². The van der Waals surface area contributed by atoms with Crippen molar-refractivity contribution in [2.75, 3.05) is 13.1 Å². The van der Waals surface area contributed by atoms with Gasteiger partial charge in [-0.1, -0.05) is 20.3 Å². The summed E-state index contributed by atoms with van der Waals surface area (Å²) in [7, 11) is 0. The maximum absolute atomic E-state index is 14.6. The molecule has 0 N–H and O–H groups in total. The Hall–Kier alpha value is -2.35. The Balaban J connectivity index is 1.45. The van der Waals surface area contributed by atoms with E-state index in [0.29, 0.717) is 17.0 Å². The summed E-state index contributed by atoms with van der Waals surface area (Å²) in [5, 5.41) is 9.11. The third-order valence-corrected chi connectivity index (χ3v) is 6.40. The summed E-state index contributed by atoms with van der Waals surface area (Å²) in [4.78, 5) is 7.08. The fourth-order valence-corrected chi connectivity index (χ4v) is 4.48. The van der Waals surface area contributed by atoms with Crippen LogP contribution < -0.4 is 0 Å². The molecule has 0 radical (unpaired) electrons. The van der Waals surface area contributed by atoms with E-state index < -0.39 is 11.6 Å². The highest BCUT2D eigenvalue weighted by Crippen LogP contribution is 2.34. The number of likely N-dealkylation sites (tertiary alicyclic amines) is 1. The molecule has 0 bridgehead atoms. The van der Waals surface area contributed by atoms with E-state index in [1.165, 1.54) is 23.9 Å². The van der Waals surface area contributed by atoms with Gasteiger partial charge in [0.2, 0.25) is 5.89 Å². The summed E-state index contributed by atoms with van der Waals surface area (Å²) in [5.41, 5.74) is 0.736. The lowest BCUT2D eigenvalue weighted by Gasteiger charge is -2.41. The normalized spacial score (nSPS) is 19.3. The third kappa shape index (κ3) is 3.13. The molecule has 2 aliphatic rings. The van der Waals surface area contributed by atoms with Crippen molar-refractivity contribution in [3.8, 4) is 5.95 Å². The molecule has 3 heterocycles. The van der Waals surface area contributed by atoms with E-state index in [-0.39, 0.29) is 23.3 Å².